The molecule has 0 saturated heterocycles. The highest BCUT2D eigenvalue weighted by atomic mass is 35.5. The van der Waals surface area contributed by atoms with Gasteiger partial charge in [-0.05, 0) is 31.0 Å². The number of anilines is 1. The quantitative estimate of drug-likeness (QED) is 0.660. The minimum absolute atomic E-state index is 0.285. The molecule has 106 valence electrons. The average Bonchev–Trinajstić information content (AvgIpc) is 2.38. The van der Waals surface area contributed by atoms with Crippen LogP contribution in [0.1, 0.15) is 19.3 Å². The molecule has 0 heterocycles. The number of nitriles is 1. The zero-order valence-corrected chi connectivity index (χ0v) is 12.1. The lowest BCUT2D eigenvalue weighted by Gasteiger charge is -2.33. The summed E-state index contributed by atoms with van der Waals surface area (Å²) < 4.78 is 5.08. The minimum atomic E-state index is -0.316. The normalized spacial score (nSPS) is 16.9. The van der Waals surface area contributed by atoms with E-state index in [0.29, 0.717) is 17.3 Å². The standard InChI is InChI=1S/C14H17ClN4O/c1-20-12-4-3-10(7-11(12)15)19-13(17)18-9-14(8-16)5-2-6-14/h3-4,7H,2,5-6,9H2,1H3,(H3,17,18,19). The van der Waals surface area contributed by atoms with Gasteiger partial charge in [-0.1, -0.05) is 18.0 Å². The summed E-state index contributed by atoms with van der Waals surface area (Å²) in [6.07, 6.45) is 2.88. The topological polar surface area (TPSA) is 83.4 Å². The van der Waals surface area contributed by atoms with E-state index in [0.717, 1.165) is 24.9 Å². The molecule has 0 amide bonds. The van der Waals surface area contributed by atoms with Crippen molar-refractivity contribution in [2.75, 3.05) is 19.0 Å². The number of nitrogens with zero attached hydrogens (tertiary/aromatic N) is 2. The van der Waals surface area contributed by atoms with Crippen molar-refractivity contribution in [3.63, 3.8) is 0 Å². The molecule has 0 aliphatic heterocycles. The van der Waals surface area contributed by atoms with Crippen LogP contribution >= 0.6 is 11.6 Å². The Morgan fingerprint density at radius 3 is 2.85 bits per heavy atom. The van der Waals surface area contributed by atoms with Crippen molar-refractivity contribution in [1.29, 1.82) is 5.26 Å². The second-order valence-electron chi connectivity index (χ2n) is 4.92. The molecule has 1 fully saturated rings. The van der Waals surface area contributed by atoms with Gasteiger partial charge < -0.3 is 15.8 Å². The van der Waals surface area contributed by atoms with Crippen LogP contribution in [0.5, 0.6) is 5.75 Å². The molecule has 0 atom stereocenters. The number of hydrogen-bond acceptors (Lipinski definition) is 3. The van der Waals surface area contributed by atoms with Crippen LogP contribution in [0.15, 0.2) is 23.2 Å². The molecule has 2 rings (SSSR count). The first-order valence-electron chi connectivity index (χ1n) is 6.40. The van der Waals surface area contributed by atoms with E-state index in [1.807, 2.05) is 0 Å². The number of rotatable bonds is 4. The molecular formula is C14H17ClN4O. The predicted octanol–water partition coefficient (Wildman–Crippen LogP) is 2.77. The van der Waals surface area contributed by atoms with Gasteiger partial charge in [0.2, 0.25) is 0 Å². The van der Waals surface area contributed by atoms with Crippen molar-refractivity contribution in [2.24, 2.45) is 16.1 Å². The highest BCUT2D eigenvalue weighted by Gasteiger charge is 2.36. The average molecular weight is 293 g/mol. The number of nitrogens with two attached hydrogens (primary N) is 1. The van der Waals surface area contributed by atoms with Gasteiger partial charge in [-0.3, -0.25) is 4.99 Å². The summed E-state index contributed by atoms with van der Waals surface area (Å²) in [4.78, 5) is 4.24. The van der Waals surface area contributed by atoms with Crippen molar-refractivity contribution in [2.45, 2.75) is 19.3 Å². The fourth-order valence-electron chi connectivity index (χ4n) is 2.08. The third kappa shape index (κ3) is 3.14. The second-order valence-corrected chi connectivity index (χ2v) is 5.33. The van der Waals surface area contributed by atoms with E-state index in [1.54, 1.807) is 25.3 Å². The Balaban J connectivity index is 1.99. The molecule has 0 bridgehead atoms. The van der Waals surface area contributed by atoms with Crippen molar-refractivity contribution in [3.05, 3.63) is 23.2 Å². The Bertz CT molecular complexity index is 561. The van der Waals surface area contributed by atoms with E-state index >= 15 is 0 Å². The van der Waals surface area contributed by atoms with E-state index in [2.05, 4.69) is 16.4 Å². The summed E-state index contributed by atoms with van der Waals surface area (Å²) in [6, 6.07) is 7.60. The maximum atomic E-state index is 9.12. The third-order valence-corrected chi connectivity index (χ3v) is 3.82. The first-order chi connectivity index (χ1) is 9.58. The molecule has 0 aromatic heterocycles. The number of aliphatic imine (C=N–C) groups is 1. The van der Waals surface area contributed by atoms with E-state index in [-0.39, 0.29) is 11.4 Å². The lowest BCUT2D eigenvalue weighted by atomic mass is 9.70. The van der Waals surface area contributed by atoms with Crippen LogP contribution in [-0.2, 0) is 0 Å². The van der Waals surface area contributed by atoms with Gasteiger partial charge in [-0.2, -0.15) is 5.26 Å². The molecule has 0 unspecified atom stereocenters. The van der Waals surface area contributed by atoms with E-state index in [1.165, 1.54) is 0 Å². The maximum Gasteiger partial charge on any atom is 0.193 e. The Morgan fingerprint density at radius 2 is 2.35 bits per heavy atom. The zero-order valence-electron chi connectivity index (χ0n) is 11.3. The molecule has 20 heavy (non-hydrogen) atoms. The Kier molecular flexibility index (Phi) is 4.35. The summed E-state index contributed by atoms with van der Waals surface area (Å²) in [5.41, 5.74) is 6.24. The highest BCUT2D eigenvalue weighted by Crippen LogP contribution is 2.40. The lowest BCUT2D eigenvalue weighted by molar-refractivity contribution is 0.226. The van der Waals surface area contributed by atoms with Crippen molar-refractivity contribution >= 4 is 23.2 Å². The molecule has 1 aliphatic carbocycles. The summed E-state index contributed by atoms with van der Waals surface area (Å²) in [6.45, 7) is 0.437. The van der Waals surface area contributed by atoms with Gasteiger partial charge in [-0.25, -0.2) is 0 Å². The van der Waals surface area contributed by atoms with Crippen LogP contribution in [0, 0.1) is 16.7 Å². The molecule has 1 aliphatic rings. The SMILES string of the molecule is COc1ccc(NC(N)=NCC2(C#N)CCC2)cc1Cl. The van der Waals surface area contributed by atoms with Crippen LogP contribution in [0.3, 0.4) is 0 Å². The summed E-state index contributed by atoms with van der Waals surface area (Å²) in [5, 5.41) is 12.6. The van der Waals surface area contributed by atoms with Crippen molar-refractivity contribution in [3.8, 4) is 11.8 Å². The Morgan fingerprint density at radius 1 is 1.60 bits per heavy atom. The molecule has 1 aromatic carbocycles. The van der Waals surface area contributed by atoms with Gasteiger partial charge in [0.1, 0.15) is 5.75 Å². The highest BCUT2D eigenvalue weighted by molar-refractivity contribution is 6.32. The van der Waals surface area contributed by atoms with Gasteiger partial charge in [0.25, 0.3) is 0 Å². The van der Waals surface area contributed by atoms with E-state index in [4.69, 9.17) is 27.3 Å². The second kappa shape index (κ2) is 6.02. The Hall–Kier alpha value is -1.93. The molecular weight excluding hydrogens is 276 g/mol. The first-order valence-corrected chi connectivity index (χ1v) is 6.78. The summed E-state index contributed by atoms with van der Waals surface area (Å²) in [7, 11) is 1.56. The van der Waals surface area contributed by atoms with E-state index < -0.39 is 0 Å². The maximum absolute atomic E-state index is 9.12. The molecule has 1 saturated carbocycles. The van der Waals surface area contributed by atoms with Crippen LogP contribution in [-0.4, -0.2) is 19.6 Å². The van der Waals surface area contributed by atoms with Crippen LogP contribution in [0.25, 0.3) is 0 Å². The molecule has 1 aromatic rings. The number of guanidine groups is 1. The molecule has 0 spiro atoms. The summed E-state index contributed by atoms with van der Waals surface area (Å²) >= 11 is 6.03. The number of benzene rings is 1. The van der Waals surface area contributed by atoms with Crippen LogP contribution < -0.4 is 15.8 Å². The number of ether oxygens (including phenoxy) is 1. The summed E-state index contributed by atoms with van der Waals surface area (Å²) in [5.74, 6) is 0.887. The fraction of sp³-hybridized carbons (Fsp3) is 0.429. The Labute approximate surface area is 123 Å². The molecule has 0 radical (unpaired) electrons. The van der Waals surface area contributed by atoms with Gasteiger partial charge in [0.15, 0.2) is 5.96 Å². The van der Waals surface area contributed by atoms with E-state index in [9.17, 15) is 0 Å². The van der Waals surface area contributed by atoms with Crippen molar-refractivity contribution < 1.29 is 4.74 Å². The monoisotopic (exact) mass is 292 g/mol. The first kappa shape index (κ1) is 14.5. The zero-order chi connectivity index (χ0) is 14.6. The molecule has 6 heteroatoms. The third-order valence-electron chi connectivity index (χ3n) is 3.52. The minimum Gasteiger partial charge on any atom is -0.495 e. The van der Waals surface area contributed by atoms with Gasteiger partial charge in [0.05, 0.1) is 30.2 Å². The molecule has 3 N–H and O–H groups in total. The fourth-order valence-corrected chi connectivity index (χ4v) is 2.33. The number of nitrogens with one attached hydrogen (secondary N) is 1. The predicted molar refractivity (Wildman–Crippen MR) is 80.0 cm³/mol. The van der Waals surface area contributed by atoms with Crippen molar-refractivity contribution in [1.82, 2.24) is 0 Å². The number of halogens is 1. The van der Waals surface area contributed by atoms with Crippen LogP contribution in [0.4, 0.5) is 5.69 Å². The molecule has 5 nitrogen and oxygen atoms in total. The van der Waals surface area contributed by atoms with Gasteiger partial charge >= 0.3 is 0 Å². The lowest BCUT2D eigenvalue weighted by Crippen LogP contribution is -2.33. The van der Waals surface area contributed by atoms with Crippen LogP contribution in [0.2, 0.25) is 5.02 Å². The number of methoxy groups -OCH3 is 1. The van der Waals surface area contributed by atoms with Gasteiger partial charge in [0, 0.05) is 5.69 Å². The smallest absolute Gasteiger partial charge is 0.193 e. The van der Waals surface area contributed by atoms with Gasteiger partial charge in [-0.15, -0.1) is 0 Å². The number of hydrogen-bond donors (Lipinski definition) is 2. The largest absolute Gasteiger partial charge is 0.495 e.